The molecule has 8 heteroatoms. The van der Waals surface area contributed by atoms with Crippen LogP contribution >= 0.6 is 0 Å². The lowest BCUT2D eigenvalue weighted by Gasteiger charge is -2.21. The van der Waals surface area contributed by atoms with Gasteiger partial charge in [-0.1, -0.05) is 0 Å². The number of benzene rings is 1. The summed E-state index contributed by atoms with van der Waals surface area (Å²) in [4.78, 5) is 24.0. The highest BCUT2D eigenvalue weighted by atomic mass is 16.5. The molecular formula is C13H18N2O6. The number of carbonyl (C=O) groups excluding carboxylic acids is 1. The number of carboxylic acids is 1. The summed E-state index contributed by atoms with van der Waals surface area (Å²) in [6.07, 6.45) is -0.819. The lowest BCUT2D eigenvalue weighted by atomic mass is 10.2. The van der Waals surface area contributed by atoms with Crippen molar-refractivity contribution >= 4 is 17.7 Å². The molecule has 1 unspecified atom stereocenters. The normalized spacial score (nSPS) is 11.8. The Hall–Kier alpha value is -2.32. The molecule has 1 rings (SSSR count). The van der Waals surface area contributed by atoms with Gasteiger partial charge in [0.1, 0.15) is 11.3 Å². The second-order valence-electron chi connectivity index (χ2n) is 4.46. The van der Waals surface area contributed by atoms with Crippen molar-refractivity contribution in [1.29, 1.82) is 0 Å². The fourth-order valence-corrected chi connectivity index (χ4v) is 1.65. The van der Waals surface area contributed by atoms with Crippen LogP contribution in [0.2, 0.25) is 0 Å². The lowest BCUT2D eigenvalue weighted by molar-refractivity contribution is 0.0501. The maximum Gasteiger partial charge on any atom is 0.339 e. The molecule has 21 heavy (non-hydrogen) atoms. The molecule has 116 valence electrons. The summed E-state index contributed by atoms with van der Waals surface area (Å²) in [5.41, 5.74) is -0.0850. The number of urea groups is 1. The highest BCUT2D eigenvalue weighted by Crippen LogP contribution is 2.21. The largest absolute Gasteiger partial charge is 0.507 e. The van der Waals surface area contributed by atoms with Crippen LogP contribution in [0.1, 0.15) is 10.4 Å². The van der Waals surface area contributed by atoms with E-state index >= 15 is 0 Å². The zero-order valence-corrected chi connectivity index (χ0v) is 11.7. The van der Waals surface area contributed by atoms with E-state index < -0.39 is 18.1 Å². The number of ether oxygens (including phenoxy) is 1. The molecule has 0 bridgehead atoms. The Morgan fingerprint density at radius 2 is 2.10 bits per heavy atom. The van der Waals surface area contributed by atoms with Crippen molar-refractivity contribution < 1.29 is 29.6 Å². The lowest BCUT2D eigenvalue weighted by Crippen LogP contribution is -2.38. The number of rotatable bonds is 6. The number of nitrogens with one attached hydrogen (secondary N) is 1. The van der Waals surface area contributed by atoms with Gasteiger partial charge in [-0.3, -0.25) is 0 Å². The van der Waals surface area contributed by atoms with Gasteiger partial charge in [-0.2, -0.15) is 0 Å². The SMILES string of the molecule is COCC(O)CN(C)C(=O)Nc1ccc(O)c(C(=O)O)c1. The third-order valence-corrected chi connectivity index (χ3v) is 2.67. The molecular weight excluding hydrogens is 280 g/mol. The maximum absolute atomic E-state index is 11.9. The molecule has 0 heterocycles. The molecule has 0 fully saturated rings. The van der Waals surface area contributed by atoms with Crippen LogP contribution in [0.15, 0.2) is 18.2 Å². The van der Waals surface area contributed by atoms with Gasteiger partial charge in [0.05, 0.1) is 19.3 Å². The van der Waals surface area contributed by atoms with E-state index in [1.807, 2.05) is 0 Å². The van der Waals surface area contributed by atoms with Crippen LogP contribution in [-0.4, -0.2) is 65.6 Å². The van der Waals surface area contributed by atoms with Crippen LogP contribution in [0.25, 0.3) is 0 Å². The standard InChI is InChI=1S/C13H18N2O6/c1-15(6-9(16)7-21-2)13(20)14-8-3-4-11(17)10(5-8)12(18)19/h3-5,9,16-17H,6-7H2,1-2H3,(H,14,20)(H,18,19). The first kappa shape index (κ1) is 16.7. The molecule has 0 aromatic heterocycles. The minimum atomic E-state index is -1.30. The van der Waals surface area contributed by atoms with Gasteiger partial charge < -0.3 is 30.3 Å². The minimum Gasteiger partial charge on any atom is -0.507 e. The summed E-state index contributed by atoms with van der Waals surface area (Å²) >= 11 is 0. The van der Waals surface area contributed by atoms with Crippen LogP contribution < -0.4 is 5.32 Å². The number of nitrogens with zero attached hydrogens (tertiary/aromatic N) is 1. The van der Waals surface area contributed by atoms with Gasteiger partial charge in [0, 0.05) is 19.8 Å². The van der Waals surface area contributed by atoms with Gasteiger partial charge in [-0.05, 0) is 18.2 Å². The Kier molecular flexibility index (Phi) is 5.94. The first-order valence-corrected chi connectivity index (χ1v) is 6.10. The predicted octanol–water partition coefficient (Wildman–Crippen LogP) is 0.561. The second-order valence-corrected chi connectivity index (χ2v) is 4.46. The third kappa shape index (κ3) is 4.93. The first-order chi connectivity index (χ1) is 9.85. The fraction of sp³-hybridized carbons (Fsp3) is 0.385. The molecule has 8 nitrogen and oxygen atoms in total. The second kappa shape index (κ2) is 7.46. The van der Waals surface area contributed by atoms with E-state index in [2.05, 4.69) is 5.32 Å². The molecule has 1 aromatic carbocycles. The van der Waals surface area contributed by atoms with Crippen LogP contribution in [0.4, 0.5) is 10.5 Å². The number of aliphatic hydroxyl groups is 1. The average molecular weight is 298 g/mol. The smallest absolute Gasteiger partial charge is 0.339 e. The number of hydrogen-bond acceptors (Lipinski definition) is 5. The number of aliphatic hydroxyl groups excluding tert-OH is 1. The highest BCUT2D eigenvalue weighted by molar-refractivity contribution is 5.95. The van der Waals surface area contributed by atoms with E-state index in [-0.39, 0.29) is 30.2 Å². The number of methoxy groups -OCH3 is 1. The number of amides is 2. The molecule has 0 aliphatic carbocycles. The number of anilines is 1. The minimum absolute atomic E-state index is 0.0591. The van der Waals surface area contributed by atoms with E-state index in [9.17, 15) is 19.8 Å². The third-order valence-electron chi connectivity index (χ3n) is 2.67. The number of carboxylic acid groups (broad SMARTS) is 1. The van der Waals surface area contributed by atoms with Crippen molar-refractivity contribution in [3.63, 3.8) is 0 Å². The number of carbonyl (C=O) groups is 2. The topological polar surface area (TPSA) is 119 Å². The Labute approximate surface area is 121 Å². The van der Waals surface area contributed by atoms with Gasteiger partial charge in [0.2, 0.25) is 0 Å². The number of phenols is 1. The number of aromatic hydroxyl groups is 1. The van der Waals surface area contributed by atoms with Crippen molar-refractivity contribution in [1.82, 2.24) is 4.90 Å². The van der Waals surface area contributed by atoms with Gasteiger partial charge in [-0.15, -0.1) is 0 Å². The average Bonchev–Trinajstić information content (AvgIpc) is 2.40. The highest BCUT2D eigenvalue weighted by Gasteiger charge is 2.15. The Morgan fingerprint density at radius 3 is 2.67 bits per heavy atom. The quantitative estimate of drug-likeness (QED) is 0.570. The van der Waals surface area contributed by atoms with Gasteiger partial charge in [0.15, 0.2) is 0 Å². The molecule has 2 amide bonds. The molecule has 0 aliphatic heterocycles. The van der Waals surface area contributed by atoms with Crippen molar-refractivity contribution in [2.45, 2.75) is 6.10 Å². The summed E-state index contributed by atoms with van der Waals surface area (Å²) in [6, 6.07) is 3.18. The van der Waals surface area contributed by atoms with E-state index in [0.717, 1.165) is 6.07 Å². The first-order valence-electron chi connectivity index (χ1n) is 6.10. The monoisotopic (exact) mass is 298 g/mol. The van der Waals surface area contributed by atoms with Crippen molar-refractivity contribution in [2.75, 3.05) is 32.6 Å². The van der Waals surface area contributed by atoms with Gasteiger partial charge in [-0.25, -0.2) is 9.59 Å². The zero-order valence-electron chi connectivity index (χ0n) is 11.7. The molecule has 1 atom stereocenters. The van der Waals surface area contributed by atoms with Crippen LogP contribution in [0.3, 0.4) is 0 Å². The fourth-order valence-electron chi connectivity index (χ4n) is 1.65. The summed E-state index contributed by atoms with van der Waals surface area (Å²) < 4.78 is 4.76. The summed E-state index contributed by atoms with van der Waals surface area (Å²) in [7, 11) is 2.92. The van der Waals surface area contributed by atoms with Crippen LogP contribution in [0, 0.1) is 0 Å². The maximum atomic E-state index is 11.9. The molecule has 0 aliphatic rings. The zero-order chi connectivity index (χ0) is 16.0. The molecule has 0 saturated carbocycles. The number of aromatic carboxylic acids is 1. The summed E-state index contributed by atoms with van der Waals surface area (Å²) in [5, 5.41) is 30.3. The van der Waals surface area contributed by atoms with Gasteiger partial charge in [0.25, 0.3) is 0 Å². The molecule has 1 aromatic rings. The van der Waals surface area contributed by atoms with E-state index in [1.54, 1.807) is 0 Å². The van der Waals surface area contributed by atoms with Crippen molar-refractivity contribution in [2.24, 2.45) is 0 Å². The van der Waals surface area contributed by atoms with E-state index in [4.69, 9.17) is 9.84 Å². The molecule has 0 radical (unpaired) electrons. The molecule has 0 saturated heterocycles. The molecule has 4 N–H and O–H groups in total. The van der Waals surface area contributed by atoms with Gasteiger partial charge >= 0.3 is 12.0 Å². The van der Waals surface area contributed by atoms with E-state index in [1.165, 1.54) is 31.2 Å². The Morgan fingerprint density at radius 1 is 1.43 bits per heavy atom. The molecule has 0 spiro atoms. The van der Waals surface area contributed by atoms with E-state index in [0.29, 0.717) is 0 Å². The number of hydrogen-bond donors (Lipinski definition) is 4. The Bertz CT molecular complexity index is 519. The summed E-state index contributed by atoms with van der Waals surface area (Å²) in [6.45, 7) is 0.156. The Balaban J connectivity index is 2.70. The van der Waals surface area contributed by atoms with Crippen LogP contribution in [0.5, 0.6) is 5.75 Å². The van der Waals surface area contributed by atoms with Crippen molar-refractivity contribution in [3.8, 4) is 5.75 Å². The van der Waals surface area contributed by atoms with Crippen molar-refractivity contribution in [3.05, 3.63) is 23.8 Å². The predicted molar refractivity (Wildman–Crippen MR) is 74.6 cm³/mol. The van der Waals surface area contributed by atoms with Crippen LogP contribution in [-0.2, 0) is 4.74 Å². The summed E-state index contributed by atoms with van der Waals surface area (Å²) in [5.74, 6) is -1.68. The number of likely N-dealkylation sites (N-methyl/N-ethyl adjacent to an activating group) is 1.